The molecule has 2 amide bonds. The number of piperidine rings is 1. The Morgan fingerprint density at radius 3 is 2.73 bits per heavy atom. The van der Waals surface area contributed by atoms with Crippen LogP contribution in [0.25, 0.3) is 0 Å². The van der Waals surface area contributed by atoms with Crippen LogP contribution in [-0.2, 0) is 0 Å². The van der Waals surface area contributed by atoms with Gasteiger partial charge >= 0.3 is 6.03 Å². The van der Waals surface area contributed by atoms with Gasteiger partial charge in [0.05, 0.1) is 6.10 Å². The first kappa shape index (κ1) is 17.2. The molecule has 5 nitrogen and oxygen atoms in total. The van der Waals surface area contributed by atoms with Crippen LogP contribution in [-0.4, -0.2) is 48.8 Å². The number of aliphatic hydroxyl groups excluding tert-OH is 1. The zero-order chi connectivity index (χ0) is 15.8. The molecule has 6 heteroatoms. The number of carbonyl (C=O) groups is 1. The van der Waals surface area contributed by atoms with Gasteiger partial charge in [-0.1, -0.05) is 13.3 Å². The number of urea groups is 1. The Morgan fingerprint density at radius 2 is 2.05 bits per heavy atom. The zero-order valence-corrected chi connectivity index (χ0v) is 14.1. The fourth-order valence-electron chi connectivity index (χ4n) is 2.75. The molecular weight excluding hydrogens is 298 g/mol. The van der Waals surface area contributed by atoms with E-state index in [0.29, 0.717) is 12.5 Å². The highest BCUT2D eigenvalue weighted by Crippen LogP contribution is 2.15. The van der Waals surface area contributed by atoms with Crippen molar-refractivity contribution in [1.29, 1.82) is 0 Å². The molecule has 1 fully saturated rings. The first-order valence-electron chi connectivity index (χ1n) is 8.09. The molecule has 0 saturated carbocycles. The molecule has 1 aromatic heterocycles. The van der Waals surface area contributed by atoms with E-state index in [9.17, 15) is 9.90 Å². The van der Waals surface area contributed by atoms with E-state index >= 15 is 0 Å². The molecule has 0 spiro atoms. The molecule has 1 aromatic rings. The summed E-state index contributed by atoms with van der Waals surface area (Å²) in [4.78, 5) is 14.2. The van der Waals surface area contributed by atoms with Crippen LogP contribution in [0.2, 0.25) is 0 Å². The molecule has 0 bridgehead atoms. The van der Waals surface area contributed by atoms with Gasteiger partial charge in [0.15, 0.2) is 0 Å². The minimum Gasteiger partial charge on any atom is -0.387 e. The summed E-state index contributed by atoms with van der Waals surface area (Å²) < 4.78 is 0. The number of nitrogens with one attached hydrogen (secondary N) is 2. The summed E-state index contributed by atoms with van der Waals surface area (Å²) in [5, 5.41) is 19.3. The Morgan fingerprint density at radius 1 is 1.32 bits per heavy atom. The van der Waals surface area contributed by atoms with Gasteiger partial charge in [-0.3, -0.25) is 0 Å². The maximum atomic E-state index is 11.8. The average Bonchev–Trinajstić information content (AvgIpc) is 3.06. The second-order valence-electron chi connectivity index (χ2n) is 6.13. The van der Waals surface area contributed by atoms with Crippen molar-refractivity contribution >= 4 is 17.4 Å². The first-order chi connectivity index (χ1) is 10.6. The fourth-order valence-corrected chi connectivity index (χ4v) is 3.46. The zero-order valence-electron chi connectivity index (χ0n) is 13.3. The van der Waals surface area contributed by atoms with Gasteiger partial charge in [0, 0.05) is 19.6 Å². The van der Waals surface area contributed by atoms with Gasteiger partial charge in [-0.05, 0) is 54.2 Å². The van der Waals surface area contributed by atoms with Gasteiger partial charge in [-0.25, -0.2) is 4.79 Å². The molecule has 22 heavy (non-hydrogen) atoms. The quantitative estimate of drug-likeness (QED) is 0.720. The van der Waals surface area contributed by atoms with Gasteiger partial charge in [-0.15, -0.1) is 0 Å². The van der Waals surface area contributed by atoms with Crippen LogP contribution in [0.3, 0.4) is 0 Å². The molecule has 2 heterocycles. The van der Waals surface area contributed by atoms with E-state index in [1.165, 1.54) is 43.7 Å². The Labute approximate surface area is 136 Å². The minimum absolute atomic E-state index is 0.209. The summed E-state index contributed by atoms with van der Waals surface area (Å²) in [5.41, 5.74) is 0.851. The summed E-state index contributed by atoms with van der Waals surface area (Å²) >= 11 is 1.54. The largest absolute Gasteiger partial charge is 0.387 e. The van der Waals surface area contributed by atoms with Crippen LogP contribution in [0.4, 0.5) is 4.79 Å². The maximum Gasteiger partial charge on any atom is 0.314 e. The van der Waals surface area contributed by atoms with Crippen LogP contribution < -0.4 is 10.6 Å². The van der Waals surface area contributed by atoms with E-state index in [-0.39, 0.29) is 12.6 Å². The average molecular weight is 325 g/mol. The van der Waals surface area contributed by atoms with Crippen molar-refractivity contribution in [2.24, 2.45) is 5.92 Å². The highest BCUT2D eigenvalue weighted by Gasteiger charge is 2.14. The maximum absolute atomic E-state index is 11.8. The number of hydrogen-bond acceptors (Lipinski definition) is 4. The lowest BCUT2D eigenvalue weighted by Gasteiger charge is -2.29. The molecule has 124 valence electrons. The lowest BCUT2D eigenvalue weighted by atomic mass is 10.1. The highest BCUT2D eigenvalue weighted by atomic mass is 32.1. The summed E-state index contributed by atoms with van der Waals surface area (Å²) in [6.07, 6.45) is 3.29. The van der Waals surface area contributed by atoms with Crippen molar-refractivity contribution in [1.82, 2.24) is 15.5 Å². The van der Waals surface area contributed by atoms with Crippen molar-refractivity contribution in [2.75, 3.05) is 32.7 Å². The fraction of sp³-hybridized carbons (Fsp3) is 0.688. The molecule has 0 aromatic carbocycles. The number of nitrogens with zero attached hydrogens (tertiary/aromatic N) is 1. The number of thiophene rings is 1. The second kappa shape index (κ2) is 9.12. The smallest absolute Gasteiger partial charge is 0.314 e. The normalized spacial score (nSPS) is 18.6. The number of aliphatic hydroxyl groups is 1. The van der Waals surface area contributed by atoms with Gasteiger partial charge in [0.1, 0.15) is 0 Å². The van der Waals surface area contributed by atoms with Crippen LogP contribution in [0.1, 0.15) is 37.9 Å². The topological polar surface area (TPSA) is 64.6 Å². The summed E-state index contributed by atoms with van der Waals surface area (Å²) in [6, 6.07) is 1.66. The van der Waals surface area contributed by atoms with Gasteiger partial charge < -0.3 is 20.6 Å². The second-order valence-corrected chi connectivity index (χ2v) is 6.91. The molecule has 2 atom stereocenters. The predicted octanol–water partition coefficient (Wildman–Crippen LogP) is 2.20. The van der Waals surface area contributed by atoms with Crippen LogP contribution in [0, 0.1) is 5.92 Å². The first-order valence-corrected chi connectivity index (χ1v) is 9.03. The number of carbonyl (C=O) groups excluding carboxylic acids is 1. The Balaban J connectivity index is 1.58. The number of likely N-dealkylation sites (tertiary alicyclic amines) is 1. The van der Waals surface area contributed by atoms with Crippen molar-refractivity contribution < 1.29 is 9.90 Å². The Hall–Kier alpha value is -1.11. The predicted molar refractivity (Wildman–Crippen MR) is 90.1 cm³/mol. The minimum atomic E-state index is -0.636. The van der Waals surface area contributed by atoms with Crippen molar-refractivity contribution in [2.45, 2.75) is 32.3 Å². The van der Waals surface area contributed by atoms with E-state index in [4.69, 9.17) is 0 Å². The SMILES string of the molecule is CC(CNC(=O)NCC(O)c1ccsc1)CN1CCCCC1. The molecule has 2 rings (SSSR count). The molecule has 3 N–H and O–H groups in total. The van der Waals surface area contributed by atoms with Gasteiger partial charge in [-0.2, -0.15) is 11.3 Å². The van der Waals surface area contributed by atoms with E-state index in [1.54, 1.807) is 0 Å². The number of hydrogen-bond donors (Lipinski definition) is 3. The van der Waals surface area contributed by atoms with Crippen molar-refractivity contribution in [3.05, 3.63) is 22.4 Å². The molecular formula is C16H27N3O2S. The van der Waals surface area contributed by atoms with E-state index < -0.39 is 6.10 Å². The molecule has 1 aliphatic heterocycles. The monoisotopic (exact) mass is 325 g/mol. The molecule has 0 radical (unpaired) electrons. The number of rotatable bonds is 7. The lowest BCUT2D eigenvalue weighted by Crippen LogP contribution is -2.42. The Kier molecular flexibility index (Phi) is 7.15. The third-order valence-electron chi connectivity index (χ3n) is 4.01. The number of amides is 2. The Bertz CT molecular complexity index is 433. The van der Waals surface area contributed by atoms with Gasteiger partial charge in [0.25, 0.3) is 0 Å². The third kappa shape index (κ3) is 5.94. The molecule has 2 unspecified atom stereocenters. The van der Waals surface area contributed by atoms with Crippen LogP contribution in [0.5, 0.6) is 0 Å². The summed E-state index contributed by atoms with van der Waals surface area (Å²) in [6.45, 7) is 6.47. The van der Waals surface area contributed by atoms with Crippen LogP contribution >= 0.6 is 11.3 Å². The van der Waals surface area contributed by atoms with E-state index in [2.05, 4.69) is 22.5 Å². The van der Waals surface area contributed by atoms with Crippen LogP contribution in [0.15, 0.2) is 16.8 Å². The molecule has 1 saturated heterocycles. The molecule has 1 aliphatic rings. The van der Waals surface area contributed by atoms with Crippen molar-refractivity contribution in [3.63, 3.8) is 0 Å². The third-order valence-corrected chi connectivity index (χ3v) is 4.72. The van der Waals surface area contributed by atoms with E-state index in [0.717, 1.165) is 12.1 Å². The highest BCUT2D eigenvalue weighted by molar-refractivity contribution is 7.07. The van der Waals surface area contributed by atoms with E-state index in [1.807, 2.05) is 16.8 Å². The summed E-state index contributed by atoms with van der Waals surface area (Å²) in [5.74, 6) is 0.436. The van der Waals surface area contributed by atoms with Gasteiger partial charge in [0.2, 0.25) is 0 Å². The summed E-state index contributed by atoms with van der Waals surface area (Å²) in [7, 11) is 0. The van der Waals surface area contributed by atoms with Crippen molar-refractivity contribution in [3.8, 4) is 0 Å². The standard InChI is InChI=1S/C16H27N3O2S/c1-13(11-19-6-3-2-4-7-19)9-17-16(21)18-10-15(20)14-5-8-22-12-14/h5,8,12-13,15,20H,2-4,6-7,9-11H2,1H3,(H2,17,18,21). The lowest BCUT2D eigenvalue weighted by molar-refractivity contribution is 0.172. The molecule has 0 aliphatic carbocycles.